The Morgan fingerprint density at radius 1 is 0.943 bits per heavy atom. The molecule has 0 bridgehead atoms. The van der Waals surface area contributed by atoms with Gasteiger partial charge in [-0.25, -0.2) is 0 Å². The van der Waals surface area contributed by atoms with E-state index < -0.39 is 0 Å². The van der Waals surface area contributed by atoms with Gasteiger partial charge < -0.3 is 16.4 Å². The third-order valence-electron chi connectivity index (χ3n) is 5.54. The van der Waals surface area contributed by atoms with E-state index in [2.05, 4.69) is 15.7 Å². The Morgan fingerprint density at radius 2 is 1.71 bits per heavy atom. The molecule has 4 rings (SSSR count). The lowest BCUT2D eigenvalue weighted by atomic mass is 10.1. The molecule has 1 aromatic heterocycles. The van der Waals surface area contributed by atoms with Gasteiger partial charge in [-0.1, -0.05) is 48.0 Å². The second-order valence-corrected chi connectivity index (χ2v) is 8.50. The van der Waals surface area contributed by atoms with Crippen LogP contribution in [0.3, 0.4) is 0 Å². The Hall–Kier alpha value is -3.94. The van der Waals surface area contributed by atoms with E-state index in [-0.39, 0.29) is 11.8 Å². The number of anilines is 2. The van der Waals surface area contributed by atoms with Gasteiger partial charge in [-0.15, -0.1) is 0 Å². The molecule has 2 amide bonds. The lowest BCUT2D eigenvalue weighted by Gasteiger charge is -2.07. The van der Waals surface area contributed by atoms with Crippen molar-refractivity contribution >= 4 is 34.9 Å². The molecule has 0 saturated heterocycles. The zero-order chi connectivity index (χ0) is 24.8. The number of nitrogens with two attached hydrogens (primary N) is 1. The zero-order valence-corrected chi connectivity index (χ0v) is 20.0. The van der Waals surface area contributed by atoms with Crippen molar-refractivity contribution in [3.8, 4) is 11.3 Å². The summed E-state index contributed by atoms with van der Waals surface area (Å²) in [7, 11) is 1.77. The van der Waals surface area contributed by atoms with E-state index in [9.17, 15) is 9.59 Å². The van der Waals surface area contributed by atoms with Gasteiger partial charge in [-0.05, 0) is 61.3 Å². The van der Waals surface area contributed by atoms with E-state index in [1.165, 1.54) is 0 Å². The lowest BCUT2D eigenvalue weighted by molar-refractivity contribution is 0.101. The summed E-state index contributed by atoms with van der Waals surface area (Å²) >= 11 is 6.10. The first kappa shape index (κ1) is 24.2. The van der Waals surface area contributed by atoms with E-state index in [1.807, 2.05) is 36.4 Å². The van der Waals surface area contributed by atoms with Crippen LogP contribution >= 0.6 is 11.6 Å². The van der Waals surface area contributed by atoms with E-state index in [0.717, 1.165) is 24.0 Å². The Labute approximate surface area is 208 Å². The maximum atomic E-state index is 12.8. The number of nitrogens with zero attached hydrogens (tertiary/aromatic N) is 2. The highest BCUT2D eigenvalue weighted by molar-refractivity contribution is 6.34. The van der Waals surface area contributed by atoms with E-state index in [0.29, 0.717) is 39.9 Å². The largest absolute Gasteiger partial charge is 0.330 e. The summed E-state index contributed by atoms with van der Waals surface area (Å²) in [5.74, 6) is 0.0959. The third-order valence-corrected chi connectivity index (χ3v) is 5.87. The van der Waals surface area contributed by atoms with Gasteiger partial charge >= 0.3 is 0 Å². The maximum absolute atomic E-state index is 12.8. The quantitative estimate of drug-likeness (QED) is 0.320. The molecule has 7 nitrogen and oxygen atoms in total. The molecule has 0 spiro atoms. The average Bonchev–Trinajstić information content (AvgIpc) is 3.23. The van der Waals surface area contributed by atoms with E-state index in [4.69, 9.17) is 17.3 Å². The number of rotatable bonds is 8. The van der Waals surface area contributed by atoms with Gasteiger partial charge in [0, 0.05) is 29.9 Å². The predicted molar refractivity (Wildman–Crippen MR) is 140 cm³/mol. The summed E-state index contributed by atoms with van der Waals surface area (Å²) in [4.78, 5) is 25.3. The summed E-state index contributed by atoms with van der Waals surface area (Å²) in [6, 6.07) is 23.6. The van der Waals surface area contributed by atoms with Crippen molar-refractivity contribution in [2.75, 3.05) is 17.2 Å². The Bertz CT molecular complexity index is 1350. The second kappa shape index (κ2) is 11.0. The van der Waals surface area contributed by atoms with Crippen LogP contribution in [0.4, 0.5) is 11.5 Å². The van der Waals surface area contributed by atoms with Gasteiger partial charge in [0.1, 0.15) is 5.82 Å². The first-order valence-corrected chi connectivity index (χ1v) is 11.6. The number of aromatic nitrogens is 2. The molecule has 4 aromatic rings. The van der Waals surface area contributed by atoms with Gasteiger partial charge in [0.25, 0.3) is 11.8 Å². The molecule has 0 aliphatic heterocycles. The molecule has 0 radical (unpaired) electrons. The number of aryl methyl sites for hydroxylation is 2. The first-order valence-electron chi connectivity index (χ1n) is 11.3. The monoisotopic (exact) mass is 487 g/mol. The number of amides is 2. The van der Waals surface area contributed by atoms with Gasteiger partial charge in [-0.3, -0.25) is 14.3 Å². The standard InChI is InChI=1S/C27H26ClN5O2/c1-33-25(31-26(34)20-8-4-6-18(16-20)7-5-15-29)17-24(32-33)19-11-13-21(14-12-19)30-27(35)22-9-2-3-10-23(22)28/h2-4,6,8-14,16-17H,5,7,15,29H2,1H3,(H,30,35)(H,31,34). The van der Waals surface area contributed by atoms with Crippen molar-refractivity contribution in [2.24, 2.45) is 12.8 Å². The van der Waals surface area contributed by atoms with Crippen molar-refractivity contribution in [3.63, 3.8) is 0 Å². The highest BCUT2D eigenvalue weighted by atomic mass is 35.5. The molecule has 35 heavy (non-hydrogen) atoms. The molecule has 1 heterocycles. The second-order valence-electron chi connectivity index (χ2n) is 8.10. The first-order chi connectivity index (χ1) is 16.9. The van der Waals surface area contributed by atoms with Crippen LogP contribution in [0.2, 0.25) is 5.02 Å². The fraction of sp³-hybridized carbons (Fsp3) is 0.148. The number of hydrogen-bond donors (Lipinski definition) is 3. The van der Waals surface area contributed by atoms with Crippen LogP contribution in [-0.4, -0.2) is 28.1 Å². The molecule has 0 unspecified atom stereocenters. The number of nitrogens with one attached hydrogen (secondary N) is 2. The topological polar surface area (TPSA) is 102 Å². The van der Waals surface area contributed by atoms with Crippen LogP contribution in [0.1, 0.15) is 32.7 Å². The smallest absolute Gasteiger partial charge is 0.257 e. The molecule has 8 heteroatoms. The molecule has 4 N–H and O–H groups in total. The highest BCUT2D eigenvalue weighted by Gasteiger charge is 2.13. The molecule has 0 aliphatic carbocycles. The summed E-state index contributed by atoms with van der Waals surface area (Å²) < 4.78 is 1.62. The van der Waals surface area contributed by atoms with Crippen molar-refractivity contribution in [1.29, 1.82) is 0 Å². The Balaban J connectivity index is 1.44. The van der Waals surface area contributed by atoms with Crippen molar-refractivity contribution in [1.82, 2.24) is 9.78 Å². The van der Waals surface area contributed by atoms with Gasteiger partial charge in [0.2, 0.25) is 0 Å². The number of carbonyl (C=O) groups is 2. The van der Waals surface area contributed by atoms with Crippen LogP contribution in [-0.2, 0) is 13.5 Å². The Kier molecular flexibility index (Phi) is 7.60. The molecule has 0 atom stereocenters. The lowest BCUT2D eigenvalue weighted by Crippen LogP contribution is -2.14. The van der Waals surface area contributed by atoms with Crippen molar-refractivity contribution in [3.05, 3.63) is 101 Å². The zero-order valence-electron chi connectivity index (χ0n) is 19.3. The van der Waals surface area contributed by atoms with Gasteiger partial charge in [-0.2, -0.15) is 5.10 Å². The third kappa shape index (κ3) is 5.95. The number of hydrogen-bond acceptors (Lipinski definition) is 4. The van der Waals surface area contributed by atoms with Crippen LogP contribution < -0.4 is 16.4 Å². The molecular weight excluding hydrogens is 462 g/mol. The molecule has 0 fully saturated rings. The van der Waals surface area contributed by atoms with E-state index in [1.54, 1.807) is 54.2 Å². The summed E-state index contributed by atoms with van der Waals surface area (Å²) in [6.07, 6.45) is 1.71. The SMILES string of the molecule is Cn1nc(-c2ccc(NC(=O)c3ccccc3Cl)cc2)cc1NC(=O)c1cccc(CCCN)c1. The minimum absolute atomic E-state index is 0.202. The fourth-order valence-electron chi connectivity index (χ4n) is 3.66. The van der Waals surface area contributed by atoms with Crippen LogP contribution in [0, 0.1) is 0 Å². The summed E-state index contributed by atoms with van der Waals surface area (Å²) in [5.41, 5.74) is 9.85. The van der Waals surface area contributed by atoms with Crippen molar-refractivity contribution in [2.45, 2.75) is 12.8 Å². The number of benzene rings is 3. The number of halogens is 1. The molecular formula is C27H26ClN5O2. The maximum Gasteiger partial charge on any atom is 0.257 e. The average molecular weight is 488 g/mol. The molecule has 178 valence electrons. The molecule has 0 saturated carbocycles. The minimum Gasteiger partial charge on any atom is -0.330 e. The normalized spacial score (nSPS) is 10.7. The highest BCUT2D eigenvalue weighted by Crippen LogP contribution is 2.24. The van der Waals surface area contributed by atoms with Crippen LogP contribution in [0.15, 0.2) is 78.9 Å². The van der Waals surface area contributed by atoms with Gasteiger partial charge in [0.05, 0.1) is 16.3 Å². The fourth-order valence-corrected chi connectivity index (χ4v) is 3.88. The van der Waals surface area contributed by atoms with Crippen molar-refractivity contribution < 1.29 is 9.59 Å². The summed E-state index contributed by atoms with van der Waals surface area (Å²) in [5, 5.41) is 10.7. The number of carbonyl (C=O) groups excluding carboxylic acids is 2. The predicted octanol–water partition coefficient (Wildman–Crippen LogP) is 5.14. The molecule has 3 aromatic carbocycles. The minimum atomic E-state index is -0.279. The van der Waals surface area contributed by atoms with Crippen LogP contribution in [0.25, 0.3) is 11.3 Å². The van der Waals surface area contributed by atoms with E-state index >= 15 is 0 Å². The Morgan fingerprint density at radius 3 is 2.46 bits per heavy atom. The summed E-state index contributed by atoms with van der Waals surface area (Å²) in [6.45, 7) is 0.614. The van der Waals surface area contributed by atoms with Crippen LogP contribution in [0.5, 0.6) is 0 Å². The molecule has 0 aliphatic rings. The van der Waals surface area contributed by atoms with Gasteiger partial charge in [0.15, 0.2) is 0 Å².